The maximum absolute atomic E-state index is 13.4. The Labute approximate surface area is 140 Å². The van der Waals surface area contributed by atoms with E-state index in [9.17, 15) is 4.39 Å². The van der Waals surface area contributed by atoms with Gasteiger partial charge >= 0.3 is 0 Å². The lowest BCUT2D eigenvalue weighted by Gasteiger charge is -2.10. The van der Waals surface area contributed by atoms with E-state index in [1.54, 1.807) is 17.8 Å². The zero-order valence-electron chi connectivity index (χ0n) is 12.2. The Morgan fingerprint density at radius 1 is 1.00 bits per heavy atom. The number of rotatable bonds is 7. The van der Waals surface area contributed by atoms with Crippen molar-refractivity contribution in [2.24, 2.45) is 0 Å². The van der Waals surface area contributed by atoms with Gasteiger partial charge in [-0.2, -0.15) is 11.8 Å². The summed E-state index contributed by atoms with van der Waals surface area (Å²) in [5.41, 5.74) is 1.94. The van der Waals surface area contributed by atoms with Crippen LogP contribution in [0.3, 0.4) is 0 Å². The molecule has 0 bridgehead atoms. The first kappa shape index (κ1) is 16.8. The summed E-state index contributed by atoms with van der Waals surface area (Å²) in [6.07, 6.45) is 0. The molecule has 116 valence electrons. The second-order valence-electron chi connectivity index (χ2n) is 4.74. The highest BCUT2D eigenvalue weighted by Crippen LogP contribution is 2.14. The van der Waals surface area contributed by atoms with Gasteiger partial charge in [0, 0.05) is 24.6 Å². The fourth-order valence-electron chi connectivity index (χ4n) is 1.88. The van der Waals surface area contributed by atoms with Gasteiger partial charge in [-0.3, -0.25) is 0 Å². The van der Waals surface area contributed by atoms with Crippen molar-refractivity contribution in [3.63, 3.8) is 0 Å². The van der Waals surface area contributed by atoms with Gasteiger partial charge in [0.25, 0.3) is 0 Å². The average Bonchev–Trinajstić information content (AvgIpc) is 2.55. The maximum Gasteiger partial charge on any atom is 0.166 e. The molecular formula is C17H19FN2S2. The first-order valence-corrected chi connectivity index (χ1v) is 8.69. The third-order valence-corrected chi connectivity index (χ3v) is 4.34. The highest BCUT2D eigenvalue weighted by molar-refractivity contribution is 7.98. The summed E-state index contributed by atoms with van der Waals surface area (Å²) >= 11 is 6.91. The molecule has 2 nitrogen and oxygen atoms in total. The second kappa shape index (κ2) is 9.43. The van der Waals surface area contributed by atoms with Gasteiger partial charge in [-0.1, -0.05) is 48.5 Å². The van der Waals surface area contributed by atoms with Gasteiger partial charge in [-0.15, -0.1) is 0 Å². The van der Waals surface area contributed by atoms with E-state index in [4.69, 9.17) is 12.2 Å². The van der Waals surface area contributed by atoms with Crippen LogP contribution in [0.5, 0.6) is 0 Å². The minimum atomic E-state index is -0.136. The smallest absolute Gasteiger partial charge is 0.166 e. The van der Waals surface area contributed by atoms with Crippen LogP contribution in [0.25, 0.3) is 0 Å². The van der Waals surface area contributed by atoms with Crippen LogP contribution < -0.4 is 10.6 Å². The lowest BCUT2D eigenvalue weighted by molar-refractivity contribution is 0.617. The minimum Gasteiger partial charge on any atom is -0.362 e. The van der Waals surface area contributed by atoms with Crippen molar-refractivity contribution in [3.05, 3.63) is 71.5 Å². The minimum absolute atomic E-state index is 0.136. The Hall–Kier alpha value is -1.59. The normalized spacial score (nSPS) is 10.2. The number of hydrogen-bond acceptors (Lipinski definition) is 2. The van der Waals surface area contributed by atoms with Gasteiger partial charge in [-0.25, -0.2) is 4.39 Å². The molecule has 5 heteroatoms. The van der Waals surface area contributed by atoms with Crippen molar-refractivity contribution >= 4 is 29.1 Å². The topological polar surface area (TPSA) is 24.1 Å². The number of thiocarbonyl (C=S) groups is 1. The summed E-state index contributed by atoms with van der Waals surface area (Å²) in [4.78, 5) is 0. The summed E-state index contributed by atoms with van der Waals surface area (Å²) in [5.74, 6) is 1.42. The van der Waals surface area contributed by atoms with Crippen molar-refractivity contribution in [2.45, 2.75) is 12.3 Å². The first-order chi connectivity index (χ1) is 10.8. The molecule has 0 aliphatic heterocycles. The molecule has 0 fully saturated rings. The van der Waals surface area contributed by atoms with E-state index in [2.05, 4.69) is 22.8 Å². The van der Waals surface area contributed by atoms with Crippen LogP contribution in [0.4, 0.5) is 4.39 Å². The number of benzene rings is 2. The van der Waals surface area contributed by atoms with Crippen molar-refractivity contribution in [1.82, 2.24) is 10.6 Å². The van der Waals surface area contributed by atoms with Gasteiger partial charge in [0.2, 0.25) is 0 Å². The highest BCUT2D eigenvalue weighted by Gasteiger charge is 2.00. The van der Waals surface area contributed by atoms with Gasteiger partial charge in [-0.05, 0) is 29.4 Å². The Kier molecular flexibility index (Phi) is 7.19. The van der Waals surface area contributed by atoms with Crippen LogP contribution in [0.2, 0.25) is 0 Å². The van der Waals surface area contributed by atoms with Gasteiger partial charge in [0.1, 0.15) is 5.82 Å². The van der Waals surface area contributed by atoms with E-state index in [0.29, 0.717) is 10.9 Å². The van der Waals surface area contributed by atoms with E-state index in [-0.39, 0.29) is 5.82 Å². The summed E-state index contributed by atoms with van der Waals surface area (Å²) in [7, 11) is 0. The van der Waals surface area contributed by atoms with Crippen molar-refractivity contribution in [3.8, 4) is 0 Å². The molecule has 0 radical (unpaired) electrons. The van der Waals surface area contributed by atoms with Crippen LogP contribution in [-0.2, 0) is 12.3 Å². The zero-order valence-corrected chi connectivity index (χ0v) is 13.9. The average molecular weight is 334 g/mol. The fraction of sp³-hybridized carbons (Fsp3) is 0.235. The van der Waals surface area contributed by atoms with Crippen LogP contribution >= 0.6 is 24.0 Å². The quantitative estimate of drug-likeness (QED) is 0.595. The first-order valence-electron chi connectivity index (χ1n) is 7.12. The predicted octanol–water partition coefficient (Wildman–Crippen LogP) is 3.72. The van der Waals surface area contributed by atoms with Crippen LogP contribution in [0, 0.1) is 5.82 Å². The fourth-order valence-corrected chi connectivity index (χ4v) is 2.89. The molecule has 0 heterocycles. The lowest BCUT2D eigenvalue weighted by Crippen LogP contribution is -2.36. The molecule has 0 aromatic heterocycles. The third-order valence-electron chi connectivity index (χ3n) is 3.04. The molecule has 0 unspecified atom stereocenters. The summed E-state index contributed by atoms with van der Waals surface area (Å²) in [6, 6.07) is 17.0. The molecule has 22 heavy (non-hydrogen) atoms. The SMILES string of the molecule is Fc1ccccc1CSCCNC(=S)NCc1ccccc1. The molecule has 0 atom stereocenters. The van der Waals surface area contributed by atoms with E-state index in [1.807, 2.05) is 30.3 Å². The molecular weight excluding hydrogens is 315 g/mol. The number of hydrogen-bond donors (Lipinski definition) is 2. The second-order valence-corrected chi connectivity index (χ2v) is 6.25. The molecule has 0 spiro atoms. The Balaban J connectivity index is 1.57. The van der Waals surface area contributed by atoms with Crippen molar-refractivity contribution < 1.29 is 4.39 Å². The molecule has 0 aliphatic carbocycles. The van der Waals surface area contributed by atoms with Crippen LogP contribution in [-0.4, -0.2) is 17.4 Å². The number of halogens is 1. The molecule has 0 saturated carbocycles. The Morgan fingerprint density at radius 3 is 2.50 bits per heavy atom. The van der Waals surface area contributed by atoms with Gasteiger partial charge in [0.05, 0.1) is 0 Å². The van der Waals surface area contributed by atoms with Gasteiger partial charge < -0.3 is 10.6 Å². The van der Waals surface area contributed by atoms with Crippen molar-refractivity contribution in [1.29, 1.82) is 0 Å². The molecule has 2 aromatic rings. The lowest BCUT2D eigenvalue weighted by atomic mass is 10.2. The summed E-state index contributed by atoms with van der Waals surface area (Å²) in [6.45, 7) is 1.48. The summed E-state index contributed by atoms with van der Waals surface area (Å²) < 4.78 is 13.4. The molecule has 2 N–H and O–H groups in total. The molecule has 0 amide bonds. The van der Waals surface area contributed by atoms with Gasteiger partial charge in [0.15, 0.2) is 5.11 Å². The molecule has 0 aliphatic rings. The standard InChI is InChI=1S/C17H19FN2S2/c18-16-9-5-4-8-15(16)13-22-11-10-19-17(21)20-12-14-6-2-1-3-7-14/h1-9H,10-13H2,(H2,19,20,21). The Morgan fingerprint density at radius 2 is 1.73 bits per heavy atom. The van der Waals surface area contributed by atoms with Crippen molar-refractivity contribution in [2.75, 3.05) is 12.3 Å². The van der Waals surface area contributed by atoms with Crippen LogP contribution in [0.15, 0.2) is 54.6 Å². The molecule has 2 rings (SSSR count). The van der Waals surface area contributed by atoms with Crippen LogP contribution in [0.1, 0.15) is 11.1 Å². The number of thioether (sulfide) groups is 1. The largest absolute Gasteiger partial charge is 0.362 e. The summed E-state index contributed by atoms with van der Waals surface area (Å²) in [5, 5.41) is 6.98. The van der Waals surface area contributed by atoms with E-state index in [1.165, 1.54) is 11.6 Å². The number of nitrogens with one attached hydrogen (secondary N) is 2. The Bertz CT molecular complexity index is 590. The predicted molar refractivity (Wildman–Crippen MR) is 96.4 cm³/mol. The molecule has 2 aromatic carbocycles. The highest BCUT2D eigenvalue weighted by atomic mass is 32.2. The molecule has 0 saturated heterocycles. The monoisotopic (exact) mass is 334 g/mol. The third kappa shape index (κ3) is 6.03. The van der Waals surface area contributed by atoms with E-state index < -0.39 is 0 Å². The maximum atomic E-state index is 13.4. The van der Waals surface area contributed by atoms with E-state index in [0.717, 1.165) is 24.4 Å². The van der Waals surface area contributed by atoms with E-state index >= 15 is 0 Å². The zero-order chi connectivity index (χ0) is 15.6.